The summed E-state index contributed by atoms with van der Waals surface area (Å²) >= 11 is 0. The molecule has 1 amide bonds. The molecule has 1 saturated heterocycles. The zero-order chi connectivity index (χ0) is 8.88. The number of nitrogens with zero attached hydrogens (tertiary/aromatic N) is 1. The third-order valence-electron chi connectivity index (χ3n) is 3.43. The number of hydrogen-bond donors (Lipinski definition) is 0. The lowest BCUT2D eigenvalue weighted by Crippen LogP contribution is -2.34. The first-order valence-electron chi connectivity index (χ1n) is 4.90. The number of carbonyl (C=O) groups excluding carboxylic acids is 1. The van der Waals surface area contributed by atoms with E-state index in [0.717, 1.165) is 30.8 Å². The Morgan fingerprint density at radius 1 is 1.33 bits per heavy atom. The molecule has 2 fully saturated rings. The quantitative estimate of drug-likeness (QED) is 0.577. The second-order valence-electron chi connectivity index (χ2n) is 4.58. The van der Waals surface area contributed by atoms with E-state index in [4.69, 9.17) is 0 Å². The van der Waals surface area contributed by atoms with E-state index in [0.29, 0.717) is 5.91 Å². The Hall–Kier alpha value is -0.530. The number of carbonyl (C=O) groups is 1. The molecule has 0 spiro atoms. The van der Waals surface area contributed by atoms with Gasteiger partial charge in [0, 0.05) is 19.0 Å². The molecule has 1 heterocycles. The summed E-state index contributed by atoms with van der Waals surface area (Å²) in [5.74, 6) is 3.09. The molecule has 1 saturated carbocycles. The van der Waals surface area contributed by atoms with Crippen molar-refractivity contribution in [2.24, 2.45) is 23.7 Å². The van der Waals surface area contributed by atoms with Crippen LogP contribution in [0.5, 0.6) is 0 Å². The van der Waals surface area contributed by atoms with Gasteiger partial charge >= 0.3 is 0 Å². The van der Waals surface area contributed by atoms with E-state index in [1.807, 2.05) is 18.7 Å². The van der Waals surface area contributed by atoms with Gasteiger partial charge in [-0.3, -0.25) is 4.79 Å². The summed E-state index contributed by atoms with van der Waals surface area (Å²) < 4.78 is 0. The second-order valence-corrected chi connectivity index (χ2v) is 4.58. The summed E-state index contributed by atoms with van der Waals surface area (Å²) in [6.07, 6.45) is 0. The highest BCUT2D eigenvalue weighted by molar-refractivity contribution is 5.78. The zero-order valence-corrected chi connectivity index (χ0v) is 8.08. The SMILES string of the molecule is CC(C)C(=O)N1C[C@@H]2[C@H](C)[C@@H]2C1. The maximum Gasteiger partial charge on any atom is 0.225 e. The monoisotopic (exact) mass is 167 g/mol. The zero-order valence-electron chi connectivity index (χ0n) is 8.08. The lowest BCUT2D eigenvalue weighted by Gasteiger charge is -2.20. The molecule has 0 unspecified atom stereocenters. The first-order valence-corrected chi connectivity index (χ1v) is 4.90. The molecule has 3 atom stereocenters. The van der Waals surface area contributed by atoms with Gasteiger partial charge < -0.3 is 4.90 Å². The number of hydrogen-bond acceptors (Lipinski definition) is 1. The normalized spacial score (nSPS) is 38.7. The fraction of sp³-hybridized carbons (Fsp3) is 0.900. The van der Waals surface area contributed by atoms with Crippen LogP contribution in [-0.4, -0.2) is 23.9 Å². The molecule has 0 N–H and O–H groups in total. The Balaban J connectivity index is 1.90. The number of amides is 1. The number of fused-ring (bicyclic) bond motifs is 1. The third-order valence-corrected chi connectivity index (χ3v) is 3.43. The van der Waals surface area contributed by atoms with Crippen molar-refractivity contribution >= 4 is 5.91 Å². The summed E-state index contributed by atoms with van der Waals surface area (Å²) in [5.41, 5.74) is 0. The summed E-state index contributed by atoms with van der Waals surface area (Å²) in [6, 6.07) is 0. The largest absolute Gasteiger partial charge is 0.342 e. The molecule has 12 heavy (non-hydrogen) atoms. The Morgan fingerprint density at radius 3 is 2.25 bits per heavy atom. The Kier molecular flexibility index (Phi) is 1.67. The fourth-order valence-electron chi connectivity index (χ4n) is 2.37. The van der Waals surface area contributed by atoms with Crippen molar-refractivity contribution < 1.29 is 4.79 Å². The second kappa shape index (κ2) is 2.48. The standard InChI is InChI=1S/C10H17NO/c1-6(2)10(12)11-4-8-7(3)9(8)5-11/h6-9H,4-5H2,1-3H3/t7-,8+,9-. The lowest BCUT2D eigenvalue weighted by atomic mass is 10.2. The van der Waals surface area contributed by atoms with Crippen LogP contribution in [0.15, 0.2) is 0 Å². The van der Waals surface area contributed by atoms with Gasteiger partial charge in [0.15, 0.2) is 0 Å². The maximum absolute atomic E-state index is 11.5. The van der Waals surface area contributed by atoms with Gasteiger partial charge in [-0.1, -0.05) is 20.8 Å². The van der Waals surface area contributed by atoms with Gasteiger partial charge in [-0.25, -0.2) is 0 Å². The van der Waals surface area contributed by atoms with E-state index in [1.54, 1.807) is 0 Å². The van der Waals surface area contributed by atoms with Crippen LogP contribution in [0.25, 0.3) is 0 Å². The van der Waals surface area contributed by atoms with Crippen molar-refractivity contribution in [2.75, 3.05) is 13.1 Å². The van der Waals surface area contributed by atoms with Crippen molar-refractivity contribution in [2.45, 2.75) is 20.8 Å². The van der Waals surface area contributed by atoms with Gasteiger partial charge in [0.2, 0.25) is 5.91 Å². The molecule has 0 bridgehead atoms. The third kappa shape index (κ3) is 1.05. The van der Waals surface area contributed by atoms with Crippen LogP contribution in [0.1, 0.15) is 20.8 Å². The molecule has 0 radical (unpaired) electrons. The Morgan fingerprint density at radius 2 is 1.83 bits per heavy atom. The molecular formula is C10H17NO. The topological polar surface area (TPSA) is 20.3 Å². The highest BCUT2D eigenvalue weighted by atomic mass is 16.2. The highest BCUT2D eigenvalue weighted by Gasteiger charge is 2.53. The molecule has 2 aliphatic rings. The van der Waals surface area contributed by atoms with Crippen LogP contribution in [-0.2, 0) is 4.79 Å². The average Bonchev–Trinajstić information content (AvgIpc) is 2.53. The maximum atomic E-state index is 11.5. The molecule has 2 nitrogen and oxygen atoms in total. The highest BCUT2D eigenvalue weighted by Crippen LogP contribution is 2.51. The van der Waals surface area contributed by atoms with E-state index in [9.17, 15) is 4.79 Å². The number of rotatable bonds is 1. The first-order chi connectivity index (χ1) is 5.61. The minimum absolute atomic E-state index is 0.179. The van der Waals surface area contributed by atoms with Gasteiger partial charge in [0.1, 0.15) is 0 Å². The molecule has 0 aromatic carbocycles. The molecule has 2 heteroatoms. The predicted octanol–water partition coefficient (Wildman–Crippen LogP) is 1.37. The predicted molar refractivity (Wildman–Crippen MR) is 47.6 cm³/mol. The molecule has 1 aliphatic heterocycles. The van der Waals surface area contributed by atoms with Crippen LogP contribution in [0.4, 0.5) is 0 Å². The average molecular weight is 167 g/mol. The van der Waals surface area contributed by atoms with Gasteiger partial charge in [0.05, 0.1) is 0 Å². The number of likely N-dealkylation sites (tertiary alicyclic amines) is 1. The van der Waals surface area contributed by atoms with Gasteiger partial charge in [-0.05, 0) is 17.8 Å². The summed E-state index contributed by atoms with van der Waals surface area (Å²) in [7, 11) is 0. The molecule has 68 valence electrons. The Bertz CT molecular complexity index is 200. The molecular weight excluding hydrogens is 150 g/mol. The minimum Gasteiger partial charge on any atom is -0.342 e. The fourth-order valence-corrected chi connectivity index (χ4v) is 2.37. The summed E-state index contributed by atoms with van der Waals surface area (Å²) in [5, 5.41) is 0. The van der Waals surface area contributed by atoms with Gasteiger partial charge in [-0.15, -0.1) is 0 Å². The van der Waals surface area contributed by atoms with Crippen LogP contribution < -0.4 is 0 Å². The first kappa shape index (κ1) is 8.09. The molecule has 0 aromatic rings. The van der Waals surface area contributed by atoms with Crippen LogP contribution in [0, 0.1) is 23.7 Å². The van der Waals surface area contributed by atoms with Crippen molar-refractivity contribution in [1.29, 1.82) is 0 Å². The van der Waals surface area contributed by atoms with Gasteiger partial charge in [-0.2, -0.15) is 0 Å². The van der Waals surface area contributed by atoms with E-state index in [2.05, 4.69) is 6.92 Å². The molecule has 1 aliphatic carbocycles. The summed E-state index contributed by atoms with van der Waals surface area (Å²) in [4.78, 5) is 13.6. The van der Waals surface area contributed by atoms with Crippen molar-refractivity contribution in [3.63, 3.8) is 0 Å². The van der Waals surface area contributed by atoms with Crippen LogP contribution in [0.2, 0.25) is 0 Å². The molecule has 2 rings (SSSR count). The van der Waals surface area contributed by atoms with E-state index >= 15 is 0 Å². The van der Waals surface area contributed by atoms with Crippen molar-refractivity contribution in [3.05, 3.63) is 0 Å². The molecule has 0 aromatic heterocycles. The van der Waals surface area contributed by atoms with Crippen molar-refractivity contribution in [1.82, 2.24) is 4.90 Å². The minimum atomic E-state index is 0.179. The van der Waals surface area contributed by atoms with Crippen LogP contribution >= 0.6 is 0 Å². The van der Waals surface area contributed by atoms with E-state index in [1.165, 1.54) is 0 Å². The lowest BCUT2D eigenvalue weighted by molar-refractivity contribution is -0.134. The van der Waals surface area contributed by atoms with Crippen LogP contribution in [0.3, 0.4) is 0 Å². The van der Waals surface area contributed by atoms with Crippen molar-refractivity contribution in [3.8, 4) is 0 Å². The Labute approximate surface area is 73.9 Å². The smallest absolute Gasteiger partial charge is 0.225 e. The van der Waals surface area contributed by atoms with Gasteiger partial charge in [0.25, 0.3) is 0 Å². The number of piperidine rings is 1. The summed E-state index contributed by atoms with van der Waals surface area (Å²) in [6.45, 7) is 8.32. The van der Waals surface area contributed by atoms with E-state index < -0.39 is 0 Å². The van der Waals surface area contributed by atoms with E-state index in [-0.39, 0.29) is 5.92 Å².